The Labute approximate surface area is 118 Å². The minimum absolute atomic E-state index is 0.297. The van der Waals surface area contributed by atoms with Crippen molar-refractivity contribution < 1.29 is 0 Å². The minimum Gasteiger partial charge on any atom is -0.399 e. The molecule has 3 aromatic carbocycles. The van der Waals surface area contributed by atoms with Crippen LogP contribution in [0.25, 0.3) is 11.1 Å². The first-order valence-electron chi connectivity index (χ1n) is 6.88. The van der Waals surface area contributed by atoms with E-state index in [9.17, 15) is 0 Å². The van der Waals surface area contributed by atoms with E-state index in [1.165, 1.54) is 27.8 Å². The molecule has 3 aromatic rings. The van der Waals surface area contributed by atoms with E-state index >= 15 is 0 Å². The standard InChI is InChI=1S/C19H15N/c20-14-10-11-16-15-8-4-5-9-17(15)19(18(16)12-14)13-6-2-1-3-7-13/h1-12,19H,20H2. The second-order valence-corrected chi connectivity index (χ2v) is 5.28. The summed E-state index contributed by atoms with van der Waals surface area (Å²) in [5.41, 5.74) is 13.5. The van der Waals surface area contributed by atoms with Gasteiger partial charge < -0.3 is 5.73 Å². The molecule has 20 heavy (non-hydrogen) atoms. The molecule has 1 heteroatoms. The predicted octanol–water partition coefficient (Wildman–Crippen LogP) is 4.43. The first-order valence-corrected chi connectivity index (χ1v) is 6.88. The summed E-state index contributed by atoms with van der Waals surface area (Å²) >= 11 is 0. The minimum atomic E-state index is 0.297. The number of benzene rings is 3. The largest absolute Gasteiger partial charge is 0.399 e. The van der Waals surface area contributed by atoms with Crippen molar-refractivity contribution in [1.29, 1.82) is 0 Å². The molecule has 96 valence electrons. The van der Waals surface area contributed by atoms with Crippen LogP contribution in [0.15, 0.2) is 72.8 Å². The van der Waals surface area contributed by atoms with Crippen LogP contribution in [-0.4, -0.2) is 0 Å². The van der Waals surface area contributed by atoms with Gasteiger partial charge in [0, 0.05) is 11.6 Å². The molecule has 0 amide bonds. The van der Waals surface area contributed by atoms with Crippen LogP contribution in [0.2, 0.25) is 0 Å². The Morgan fingerprint density at radius 3 is 2.20 bits per heavy atom. The van der Waals surface area contributed by atoms with Crippen molar-refractivity contribution in [2.45, 2.75) is 5.92 Å². The molecule has 1 atom stereocenters. The summed E-state index contributed by atoms with van der Waals surface area (Å²) in [7, 11) is 0. The molecule has 0 saturated carbocycles. The molecule has 1 unspecified atom stereocenters. The van der Waals surface area contributed by atoms with Gasteiger partial charge in [0.2, 0.25) is 0 Å². The van der Waals surface area contributed by atoms with Gasteiger partial charge in [-0.15, -0.1) is 0 Å². The molecule has 1 aliphatic carbocycles. The second-order valence-electron chi connectivity index (χ2n) is 5.28. The Kier molecular flexibility index (Phi) is 2.40. The lowest BCUT2D eigenvalue weighted by atomic mass is 9.89. The number of anilines is 1. The first kappa shape index (κ1) is 11.3. The summed E-state index contributed by atoms with van der Waals surface area (Å²) in [4.78, 5) is 0. The first-order chi connectivity index (χ1) is 9.84. The van der Waals surface area contributed by atoms with E-state index in [0.717, 1.165) is 5.69 Å². The molecule has 4 rings (SSSR count). The van der Waals surface area contributed by atoms with Gasteiger partial charge in [0.25, 0.3) is 0 Å². The lowest BCUT2D eigenvalue weighted by Crippen LogP contribution is -1.99. The fraction of sp³-hybridized carbons (Fsp3) is 0.0526. The van der Waals surface area contributed by atoms with Crippen LogP contribution in [0, 0.1) is 0 Å². The highest BCUT2D eigenvalue weighted by atomic mass is 14.5. The predicted molar refractivity (Wildman–Crippen MR) is 83.7 cm³/mol. The summed E-state index contributed by atoms with van der Waals surface area (Å²) in [5, 5.41) is 0. The number of fused-ring (bicyclic) bond motifs is 3. The molecular formula is C19H15N. The Hall–Kier alpha value is -2.54. The van der Waals surface area contributed by atoms with Crippen LogP contribution >= 0.6 is 0 Å². The van der Waals surface area contributed by atoms with Crippen molar-refractivity contribution in [3.05, 3.63) is 89.5 Å². The fourth-order valence-electron chi connectivity index (χ4n) is 3.23. The molecule has 0 heterocycles. The molecule has 0 fully saturated rings. The monoisotopic (exact) mass is 257 g/mol. The Bertz CT molecular complexity index is 775. The van der Waals surface area contributed by atoms with Gasteiger partial charge in [-0.05, 0) is 39.9 Å². The SMILES string of the molecule is Nc1ccc2c(c1)C(c1ccccc1)c1ccccc1-2. The summed E-state index contributed by atoms with van der Waals surface area (Å²) in [6, 6.07) is 25.5. The van der Waals surface area contributed by atoms with Gasteiger partial charge in [0.15, 0.2) is 0 Å². The van der Waals surface area contributed by atoms with E-state index in [-0.39, 0.29) is 0 Å². The Balaban J connectivity index is 2.02. The number of hydrogen-bond donors (Lipinski definition) is 1. The molecule has 0 bridgehead atoms. The summed E-state index contributed by atoms with van der Waals surface area (Å²) in [5.74, 6) is 0.297. The van der Waals surface area contributed by atoms with Crippen LogP contribution in [0.5, 0.6) is 0 Å². The van der Waals surface area contributed by atoms with E-state index in [0.29, 0.717) is 5.92 Å². The zero-order valence-corrected chi connectivity index (χ0v) is 11.1. The number of rotatable bonds is 1. The molecule has 0 aromatic heterocycles. The number of nitrogens with two attached hydrogens (primary N) is 1. The van der Waals surface area contributed by atoms with Crippen molar-refractivity contribution >= 4 is 5.69 Å². The Morgan fingerprint density at radius 2 is 1.35 bits per heavy atom. The van der Waals surface area contributed by atoms with Crippen molar-refractivity contribution in [3.63, 3.8) is 0 Å². The van der Waals surface area contributed by atoms with Crippen LogP contribution < -0.4 is 5.73 Å². The maximum Gasteiger partial charge on any atom is 0.0353 e. The highest BCUT2D eigenvalue weighted by Gasteiger charge is 2.29. The zero-order valence-electron chi connectivity index (χ0n) is 11.1. The molecule has 1 nitrogen and oxygen atoms in total. The van der Waals surface area contributed by atoms with Gasteiger partial charge in [-0.2, -0.15) is 0 Å². The van der Waals surface area contributed by atoms with Crippen molar-refractivity contribution in [2.24, 2.45) is 0 Å². The van der Waals surface area contributed by atoms with Crippen molar-refractivity contribution in [1.82, 2.24) is 0 Å². The van der Waals surface area contributed by atoms with Crippen LogP contribution in [0.1, 0.15) is 22.6 Å². The maximum absolute atomic E-state index is 6.01. The fourth-order valence-corrected chi connectivity index (χ4v) is 3.23. The third kappa shape index (κ3) is 1.56. The Morgan fingerprint density at radius 1 is 0.650 bits per heavy atom. The topological polar surface area (TPSA) is 26.0 Å². The summed E-state index contributed by atoms with van der Waals surface area (Å²) in [6.07, 6.45) is 0. The molecule has 0 spiro atoms. The molecule has 0 radical (unpaired) electrons. The highest BCUT2D eigenvalue weighted by Crippen LogP contribution is 2.48. The van der Waals surface area contributed by atoms with E-state index in [4.69, 9.17) is 5.73 Å². The number of hydrogen-bond acceptors (Lipinski definition) is 1. The molecular weight excluding hydrogens is 242 g/mol. The van der Waals surface area contributed by atoms with E-state index < -0.39 is 0 Å². The normalized spacial score (nSPS) is 15.7. The summed E-state index contributed by atoms with van der Waals surface area (Å²) < 4.78 is 0. The zero-order chi connectivity index (χ0) is 13.5. The second kappa shape index (κ2) is 4.24. The third-order valence-electron chi connectivity index (χ3n) is 4.08. The maximum atomic E-state index is 6.01. The summed E-state index contributed by atoms with van der Waals surface area (Å²) in [6.45, 7) is 0. The van der Waals surface area contributed by atoms with Crippen molar-refractivity contribution in [3.8, 4) is 11.1 Å². The average Bonchev–Trinajstić information content (AvgIpc) is 2.81. The van der Waals surface area contributed by atoms with Crippen LogP contribution in [-0.2, 0) is 0 Å². The highest BCUT2D eigenvalue weighted by molar-refractivity contribution is 5.82. The molecule has 0 aliphatic heterocycles. The number of nitrogen functional groups attached to an aromatic ring is 1. The van der Waals surface area contributed by atoms with Gasteiger partial charge in [0.05, 0.1) is 0 Å². The average molecular weight is 257 g/mol. The smallest absolute Gasteiger partial charge is 0.0353 e. The van der Waals surface area contributed by atoms with Gasteiger partial charge in [-0.1, -0.05) is 60.7 Å². The van der Waals surface area contributed by atoms with Crippen LogP contribution in [0.3, 0.4) is 0 Å². The molecule has 2 N–H and O–H groups in total. The molecule has 0 saturated heterocycles. The van der Waals surface area contributed by atoms with Crippen LogP contribution in [0.4, 0.5) is 5.69 Å². The lowest BCUT2D eigenvalue weighted by Gasteiger charge is -2.14. The quantitative estimate of drug-likeness (QED) is 0.502. The molecule has 1 aliphatic rings. The van der Waals surface area contributed by atoms with E-state index in [2.05, 4.69) is 66.7 Å². The van der Waals surface area contributed by atoms with Gasteiger partial charge in [-0.3, -0.25) is 0 Å². The van der Waals surface area contributed by atoms with E-state index in [1.807, 2.05) is 6.07 Å². The lowest BCUT2D eigenvalue weighted by molar-refractivity contribution is 1.02. The van der Waals surface area contributed by atoms with Gasteiger partial charge in [0.1, 0.15) is 0 Å². The van der Waals surface area contributed by atoms with Crippen molar-refractivity contribution in [2.75, 3.05) is 5.73 Å². The van der Waals surface area contributed by atoms with Gasteiger partial charge >= 0.3 is 0 Å². The van der Waals surface area contributed by atoms with Gasteiger partial charge in [-0.25, -0.2) is 0 Å². The third-order valence-corrected chi connectivity index (χ3v) is 4.08. The van der Waals surface area contributed by atoms with E-state index in [1.54, 1.807) is 0 Å².